The van der Waals surface area contributed by atoms with E-state index >= 15 is 0 Å². The van der Waals surface area contributed by atoms with Crippen LogP contribution in [0.1, 0.15) is 27.2 Å². The Morgan fingerprint density at radius 1 is 1.28 bits per heavy atom. The summed E-state index contributed by atoms with van der Waals surface area (Å²) in [5, 5.41) is 9.00. The number of halogens is 2. The topological polar surface area (TPSA) is 74.8 Å². The quantitative estimate of drug-likeness (QED) is 0.312. The number of ether oxygens (including phenoxy) is 1. The maximum absolute atomic E-state index is 13.1. The van der Waals surface area contributed by atoms with Gasteiger partial charge in [0.1, 0.15) is 17.7 Å². The second-order valence-electron chi connectivity index (χ2n) is 5.74. The number of hydrogen-bond acceptors (Lipinski definition) is 3. The lowest BCUT2D eigenvalue weighted by Crippen LogP contribution is -2.43. The van der Waals surface area contributed by atoms with E-state index in [1.807, 2.05) is 20.8 Å². The molecule has 0 saturated heterocycles. The predicted octanol–water partition coefficient (Wildman–Crippen LogP) is 2.29. The van der Waals surface area contributed by atoms with Gasteiger partial charge in [0.2, 0.25) is 5.91 Å². The highest BCUT2D eigenvalue weighted by atomic mass is 127. The summed E-state index contributed by atoms with van der Waals surface area (Å²) in [6.45, 7) is 6.70. The highest BCUT2D eigenvalue weighted by Crippen LogP contribution is 2.13. The van der Waals surface area contributed by atoms with Crippen LogP contribution < -0.4 is 20.7 Å². The Kier molecular flexibility index (Phi) is 11.9. The molecule has 0 radical (unpaired) electrons. The van der Waals surface area contributed by atoms with Gasteiger partial charge in [0, 0.05) is 32.1 Å². The summed E-state index contributed by atoms with van der Waals surface area (Å²) < 4.78 is 18.7. The van der Waals surface area contributed by atoms with Crippen LogP contribution in [0.15, 0.2) is 29.3 Å². The van der Waals surface area contributed by atoms with Gasteiger partial charge in [0.15, 0.2) is 5.96 Å². The third-order valence-corrected chi connectivity index (χ3v) is 3.01. The molecule has 1 atom stereocenters. The van der Waals surface area contributed by atoms with Gasteiger partial charge in [-0.15, -0.1) is 24.0 Å². The molecular formula is C17H28FIN4O2. The van der Waals surface area contributed by atoms with Crippen LogP contribution in [0.25, 0.3) is 0 Å². The second-order valence-corrected chi connectivity index (χ2v) is 5.74. The van der Waals surface area contributed by atoms with Gasteiger partial charge in [-0.3, -0.25) is 9.79 Å². The Balaban J connectivity index is 0.00000576. The number of amides is 1. The summed E-state index contributed by atoms with van der Waals surface area (Å²) in [5.74, 6) is 0.736. The number of carbonyl (C=O) groups excluding carboxylic acids is 1. The molecule has 25 heavy (non-hydrogen) atoms. The van der Waals surface area contributed by atoms with Gasteiger partial charge in [0.05, 0.1) is 6.54 Å². The molecule has 0 aliphatic rings. The van der Waals surface area contributed by atoms with Gasteiger partial charge in [-0.25, -0.2) is 4.39 Å². The fourth-order valence-electron chi connectivity index (χ4n) is 1.96. The summed E-state index contributed by atoms with van der Waals surface area (Å²) in [4.78, 5) is 15.6. The molecule has 0 heterocycles. The number of nitrogens with zero attached hydrogens (tertiary/aromatic N) is 1. The van der Waals surface area contributed by atoms with Crippen LogP contribution in [0.3, 0.4) is 0 Å². The van der Waals surface area contributed by atoms with E-state index in [2.05, 4.69) is 20.9 Å². The van der Waals surface area contributed by atoms with Gasteiger partial charge >= 0.3 is 0 Å². The molecule has 0 aliphatic heterocycles. The fourth-order valence-corrected chi connectivity index (χ4v) is 1.96. The van der Waals surface area contributed by atoms with Crippen molar-refractivity contribution in [3.8, 4) is 5.75 Å². The molecule has 0 aromatic heterocycles. The summed E-state index contributed by atoms with van der Waals surface area (Å²) >= 11 is 0. The standard InChI is InChI=1S/C17H27FN4O2.HI/c1-12(2)22-16(23)8-9-20-17(19-4)21-11-13(3)24-15-7-5-6-14(18)10-15;/h5-7,10,12-13H,8-9,11H2,1-4H3,(H,22,23)(H2,19,20,21);1H. The van der Waals surface area contributed by atoms with Crippen LogP contribution in [0.4, 0.5) is 4.39 Å². The minimum absolute atomic E-state index is 0. The number of benzene rings is 1. The molecule has 3 N–H and O–H groups in total. The summed E-state index contributed by atoms with van der Waals surface area (Å²) in [6.07, 6.45) is 0.198. The maximum atomic E-state index is 13.1. The molecule has 6 nitrogen and oxygen atoms in total. The first-order valence-electron chi connectivity index (χ1n) is 8.06. The van der Waals surface area contributed by atoms with Crippen LogP contribution in [0, 0.1) is 5.82 Å². The number of aliphatic imine (C=N–C) groups is 1. The van der Waals surface area contributed by atoms with Crippen molar-refractivity contribution in [3.63, 3.8) is 0 Å². The maximum Gasteiger partial charge on any atom is 0.221 e. The van der Waals surface area contributed by atoms with Crippen molar-refractivity contribution in [2.75, 3.05) is 20.1 Å². The number of carbonyl (C=O) groups is 1. The molecule has 0 bridgehead atoms. The molecule has 1 unspecified atom stereocenters. The lowest BCUT2D eigenvalue weighted by Gasteiger charge is -2.18. The van der Waals surface area contributed by atoms with E-state index < -0.39 is 0 Å². The molecule has 8 heteroatoms. The zero-order chi connectivity index (χ0) is 17.9. The lowest BCUT2D eigenvalue weighted by molar-refractivity contribution is -0.121. The van der Waals surface area contributed by atoms with E-state index in [-0.39, 0.29) is 47.8 Å². The summed E-state index contributed by atoms with van der Waals surface area (Å²) in [7, 11) is 1.65. The van der Waals surface area contributed by atoms with Gasteiger partial charge < -0.3 is 20.7 Å². The average molecular weight is 466 g/mol. The van der Waals surface area contributed by atoms with Gasteiger partial charge in [-0.05, 0) is 32.9 Å². The van der Waals surface area contributed by atoms with Gasteiger partial charge in [-0.1, -0.05) is 6.07 Å². The Bertz CT molecular complexity index is 555. The molecule has 1 aromatic rings. The minimum atomic E-state index is -0.329. The van der Waals surface area contributed by atoms with E-state index in [1.54, 1.807) is 19.2 Å². The predicted molar refractivity (Wildman–Crippen MR) is 109 cm³/mol. The van der Waals surface area contributed by atoms with Gasteiger partial charge in [-0.2, -0.15) is 0 Å². The summed E-state index contributed by atoms with van der Waals surface area (Å²) in [5.41, 5.74) is 0. The second kappa shape index (κ2) is 12.7. The largest absolute Gasteiger partial charge is 0.489 e. The molecule has 142 valence electrons. The Labute approximate surface area is 166 Å². The number of hydrogen-bond donors (Lipinski definition) is 3. The number of guanidine groups is 1. The van der Waals surface area contributed by atoms with Crippen molar-refractivity contribution in [3.05, 3.63) is 30.1 Å². The van der Waals surface area contributed by atoms with Gasteiger partial charge in [0.25, 0.3) is 0 Å². The zero-order valence-corrected chi connectivity index (χ0v) is 17.5. The first-order valence-corrected chi connectivity index (χ1v) is 8.06. The van der Waals surface area contributed by atoms with Crippen molar-refractivity contribution >= 4 is 35.8 Å². The normalized spacial score (nSPS) is 12.2. The van der Waals surface area contributed by atoms with E-state index in [9.17, 15) is 9.18 Å². The lowest BCUT2D eigenvalue weighted by atomic mass is 10.3. The summed E-state index contributed by atoms with van der Waals surface area (Å²) in [6, 6.07) is 6.16. The molecular weight excluding hydrogens is 438 g/mol. The van der Waals surface area contributed by atoms with E-state index in [1.165, 1.54) is 12.1 Å². The Morgan fingerprint density at radius 2 is 2.00 bits per heavy atom. The van der Waals surface area contributed by atoms with Crippen LogP contribution in [0.2, 0.25) is 0 Å². The highest BCUT2D eigenvalue weighted by Gasteiger charge is 2.07. The van der Waals surface area contributed by atoms with Crippen LogP contribution in [-0.4, -0.2) is 44.1 Å². The molecule has 1 aromatic carbocycles. The number of rotatable bonds is 8. The van der Waals surface area contributed by atoms with Crippen molar-refractivity contribution in [2.24, 2.45) is 4.99 Å². The third kappa shape index (κ3) is 10.8. The van der Waals surface area contributed by atoms with E-state index in [0.717, 1.165) is 0 Å². The Hall–Kier alpha value is -1.58. The zero-order valence-electron chi connectivity index (χ0n) is 15.1. The molecule has 1 amide bonds. The van der Waals surface area contributed by atoms with Crippen molar-refractivity contribution in [1.82, 2.24) is 16.0 Å². The highest BCUT2D eigenvalue weighted by molar-refractivity contribution is 14.0. The third-order valence-electron chi connectivity index (χ3n) is 3.01. The average Bonchev–Trinajstić information content (AvgIpc) is 2.50. The molecule has 0 spiro atoms. The first kappa shape index (κ1) is 23.4. The number of nitrogens with one attached hydrogen (secondary N) is 3. The Morgan fingerprint density at radius 3 is 2.60 bits per heavy atom. The van der Waals surface area contributed by atoms with E-state index in [4.69, 9.17) is 4.74 Å². The van der Waals surface area contributed by atoms with Crippen LogP contribution >= 0.6 is 24.0 Å². The molecule has 0 aliphatic carbocycles. The van der Waals surface area contributed by atoms with Crippen molar-refractivity contribution in [1.29, 1.82) is 0 Å². The monoisotopic (exact) mass is 466 g/mol. The van der Waals surface area contributed by atoms with Crippen LogP contribution in [0.5, 0.6) is 5.75 Å². The molecule has 0 saturated carbocycles. The molecule has 1 rings (SSSR count). The van der Waals surface area contributed by atoms with Crippen molar-refractivity contribution < 1.29 is 13.9 Å². The molecule has 0 fully saturated rings. The van der Waals surface area contributed by atoms with Crippen LogP contribution in [-0.2, 0) is 4.79 Å². The first-order chi connectivity index (χ1) is 11.4. The van der Waals surface area contributed by atoms with E-state index in [0.29, 0.717) is 31.2 Å². The van der Waals surface area contributed by atoms with Crippen molar-refractivity contribution in [2.45, 2.75) is 39.3 Å². The minimum Gasteiger partial charge on any atom is -0.489 e. The smallest absolute Gasteiger partial charge is 0.221 e. The fraction of sp³-hybridized carbons (Fsp3) is 0.529. The SMILES string of the molecule is CN=C(NCCC(=O)NC(C)C)NCC(C)Oc1cccc(F)c1.I.